The first-order valence-electron chi connectivity index (χ1n) is 9.55. The first-order valence-corrected chi connectivity index (χ1v) is 9.55. The number of amides is 1. The van der Waals surface area contributed by atoms with Crippen LogP contribution in [0.5, 0.6) is 0 Å². The van der Waals surface area contributed by atoms with Crippen LogP contribution in [0.3, 0.4) is 0 Å². The molecule has 0 spiro atoms. The fraction of sp³-hybridized carbons (Fsp3) is 0.120. The van der Waals surface area contributed by atoms with Gasteiger partial charge in [0.05, 0.1) is 11.8 Å². The first-order chi connectivity index (χ1) is 13.7. The second kappa shape index (κ2) is 6.61. The summed E-state index contributed by atoms with van der Waals surface area (Å²) in [4.78, 5) is 12.4. The van der Waals surface area contributed by atoms with Gasteiger partial charge in [-0.25, -0.2) is 5.01 Å². The zero-order chi connectivity index (χ0) is 19.1. The molecule has 0 bridgehead atoms. The Hall–Kier alpha value is -3.46. The van der Waals surface area contributed by atoms with Gasteiger partial charge < -0.3 is 0 Å². The van der Waals surface area contributed by atoms with Crippen molar-refractivity contribution in [2.24, 2.45) is 5.10 Å². The molecule has 0 saturated heterocycles. The number of rotatable bonds is 2. The molecule has 136 valence electrons. The van der Waals surface area contributed by atoms with Gasteiger partial charge in [-0.3, -0.25) is 4.79 Å². The normalized spacial score (nSPS) is 16.5. The van der Waals surface area contributed by atoms with Gasteiger partial charge in [0, 0.05) is 18.9 Å². The fourth-order valence-corrected chi connectivity index (χ4v) is 4.12. The SMILES string of the molecule is CC(=O)N1N=C(c2cccc3ccccc23)CC1c1ccc2ccccc2c1. The average molecular weight is 364 g/mol. The highest BCUT2D eigenvalue weighted by Gasteiger charge is 2.31. The van der Waals surface area contributed by atoms with Gasteiger partial charge in [-0.15, -0.1) is 0 Å². The first kappa shape index (κ1) is 16.7. The van der Waals surface area contributed by atoms with Gasteiger partial charge in [-0.1, -0.05) is 78.9 Å². The molecule has 0 aliphatic carbocycles. The topological polar surface area (TPSA) is 32.7 Å². The molecular weight excluding hydrogens is 344 g/mol. The van der Waals surface area contributed by atoms with Crippen molar-refractivity contribution in [1.82, 2.24) is 5.01 Å². The smallest absolute Gasteiger partial charge is 0.240 e. The van der Waals surface area contributed by atoms with E-state index in [1.807, 2.05) is 24.3 Å². The van der Waals surface area contributed by atoms with Gasteiger partial charge >= 0.3 is 0 Å². The maximum Gasteiger partial charge on any atom is 0.240 e. The zero-order valence-electron chi connectivity index (χ0n) is 15.7. The van der Waals surface area contributed by atoms with Crippen LogP contribution in [0.15, 0.2) is 90.0 Å². The lowest BCUT2D eigenvalue weighted by atomic mass is 9.94. The van der Waals surface area contributed by atoms with E-state index in [-0.39, 0.29) is 11.9 Å². The largest absolute Gasteiger partial charge is 0.273 e. The number of hydrogen-bond acceptors (Lipinski definition) is 2. The maximum absolute atomic E-state index is 12.4. The van der Waals surface area contributed by atoms with Gasteiger partial charge in [0.25, 0.3) is 0 Å². The van der Waals surface area contributed by atoms with Gasteiger partial charge in [0.1, 0.15) is 0 Å². The molecule has 0 N–H and O–H groups in total. The van der Waals surface area contributed by atoms with Crippen LogP contribution in [0, 0.1) is 0 Å². The average Bonchev–Trinajstić information content (AvgIpc) is 3.18. The molecule has 3 heteroatoms. The summed E-state index contributed by atoms with van der Waals surface area (Å²) in [5, 5.41) is 11.1. The minimum absolute atomic E-state index is 0.0339. The molecule has 0 saturated carbocycles. The predicted octanol–water partition coefficient (Wildman–Crippen LogP) is 5.69. The van der Waals surface area contributed by atoms with Crippen LogP contribution < -0.4 is 0 Å². The van der Waals surface area contributed by atoms with E-state index in [0.717, 1.165) is 16.8 Å². The Balaban J connectivity index is 1.58. The molecule has 3 nitrogen and oxygen atoms in total. The van der Waals surface area contributed by atoms with E-state index in [0.29, 0.717) is 6.42 Å². The third-order valence-electron chi connectivity index (χ3n) is 5.49. The van der Waals surface area contributed by atoms with Crippen molar-refractivity contribution in [1.29, 1.82) is 0 Å². The summed E-state index contributed by atoms with van der Waals surface area (Å²) in [5.74, 6) is -0.0339. The van der Waals surface area contributed by atoms with E-state index in [1.54, 1.807) is 11.9 Å². The highest BCUT2D eigenvalue weighted by atomic mass is 16.2. The van der Waals surface area contributed by atoms with Crippen LogP contribution in [-0.2, 0) is 4.79 Å². The summed E-state index contributed by atoms with van der Waals surface area (Å²) in [6.45, 7) is 1.59. The number of hydrogen-bond donors (Lipinski definition) is 0. The van der Waals surface area contributed by atoms with E-state index in [2.05, 4.69) is 60.7 Å². The van der Waals surface area contributed by atoms with Gasteiger partial charge in [0.2, 0.25) is 5.91 Å². The molecule has 0 radical (unpaired) electrons. The summed E-state index contributed by atoms with van der Waals surface area (Å²) in [5.41, 5.74) is 3.19. The van der Waals surface area contributed by atoms with Gasteiger partial charge in [-0.2, -0.15) is 5.10 Å². The molecule has 5 rings (SSSR count). The molecule has 1 unspecified atom stereocenters. The van der Waals surface area contributed by atoms with Crippen molar-refractivity contribution in [3.05, 3.63) is 96.1 Å². The van der Waals surface area contributed by atoms with E-state index in [9.17, 15) is 4.79 Å². The van der Waals surface area contributed by atoms with Crippen LogP contribution in [0.25, 0.3) is 21.5 Å². The molecular formula is C25H20N2O. The minimum Gasteiger partial charge on any atom is -0.273 e. The highest BCUT2D eigenvalue weighted by Crippen LogP contribution is 2.35. The molecule has 0 aromatic heterocycles. The Morgan fingerprint density at radius 3 is 2.39 bits per heavy atom. The third kappa shape index (κ3) is 2.76. The lowest BCUT2D eigenvalue weighted by Gasteiger charge is -2.20. The van der Waals surface area contributed by atoms with E-state index in [4.69, 9.17) is 5.10 Å². The third-order valence-corrected chi connectivity index (χ3v) is 5.49. The predicted molar refractivity (Wildman–Crippen MR) is 114 cm³/mol. The number of carbonyl (C=O) groups excluding carboxylic acids is 1. The summed E-state index contributed by atoms with van der Waals surface area (Å²) in [6.07, 6.45) is 0.714. The molecule has 1 heterocycles. The minimum atomic E-state index is -0.0731. The number of nitrogens with zero attached hydrogens (tertiary/aromatic N) is 2. The molecule has 0 fully saturated rings. The Morgan fingerprint density at radius 2 is 1.57 bits per heavy atom. The maximum atomic E-state index is 12.4. The van der Waals surface area contributed by atoms with Crippen LogP contribution in [-0.4, -0.2) is 16.6 Å². The molecule has 4 aromatic rings. The number of carbonyl (C=O) groups is 1. The highest BCUT2D eigenvalue weighted by molar-refractivity contribution is 6.12. The lowest BCUT2D eigenvalue weighted by molar-refractivity contribution is -0.130. The summed E-state index contributed by atoms with van der Waals surface area (Å²) in [6, 6.07) is 29.2. The summed E-state index contributed by atoms with van der Waals surface area (Å²) < 4.78 is 0. The second-order valence-corrected chi connectivity index (χ2v) is 7.26. The summed E-state index contributed by atoms with van der Waals surface area (Å²) >= 11 is 0. The van der Waals surface area contributed by atoms with Gasteiger partial charge in [0.15, 0.2) is 0 Å². The number of hydrazone groups is 1. The van der Waals surface area contributed by atoms with Crippen LogP contribution in [0.1, 0.15) is 30.5 Å². The Bertz CT molecular complexity index is 1240. The molecule has 1 aliphatic rings. The fourth-order valence-electron chi connectivity index (χ4n) is 4.12. The standard InChI is InChI=1S/C25H20N2O/c1-17(28)27-25(21-14-13-18-7-2-3-9-20(18)15-21)16-24(26-27)23-12-6-10-19-8-4-5-11-22(19)23/h2-15,25H,16H2,1H3. The molecule has 1 aliphatic heterocycles. The van der Waals surface area contributed by atoms with E-state index >= 15 is 0 Å². The molecule has 1 atom stereocenters. The Morgan fingerprint density at radius 1 is 0.857 bits per heavy atom. The van der Waals surface area contributed by atoms with Crippen molar-refractivity contribution in [3.63, 3.8) is 0 Å². The van der Waals surface area contributed by atoms with Gasteiger partial charge in [-0.05, 0) is 33.2 Å². The Labute approximate surface area is 163 Å². The van der Waals surface area contributed by atoms with Crippen LogP contribution in [0.4, 0.5) is 0 Å². The molecule has 28 heavy (non-hydrogen) atoms. The van der Waals surface area contributed by atoms with Crippen molar-refractivity contribution >= 4 is 33.2 Å². The quantitative estimate of drug-likeness (QED) is 0.450. The number of benzene rings is 4. The number of fused-ring (bicyclic) bond motifs is 2. The van der Waals surface area contributed by atoms with Crippen molar-refractivity contribution < 1.29 is 4.79 Å². The van der Waals surface area contributed by atoms with Crippen LogP contribution >= 0.6 is 0 Å². The second-order valence-electron chi connectivity index (χ2n) is 7.26. The Kier molecular flexibility index (Phi) is 3.94. The van der Waals surface area contributed by atoms with Crippen LogP contribution in [0.2, 0.25) is 0 Å². The lowest BCUT2D eigenvalue weighted by Crippen LogP contribution is -2.24. The zero-order valence-corrected chi connectivity index (χ0v) is 15.7. The van der Waals surface area contributed by atoms with Crippen molar-refractivity contribution in [2.75, 3.05) is 0 Å². The van der Waals surface area contributed by atoms with E-state index in [1.165, 1.54) is 21.5 Å². The monoisotopic (exact) mass is 364 g/mol. The molecule has 4 aromatic carbocycles. The summed E-state index contributed by atoms with van der Waals surface area (Å²) in [7, 11) is 0. The molecule has 1 amide bonds. The van der Waals surface area contributed by atoms with Crippen molar-refractivity contribution in [2.45, 2.75) is 19.4 Å². The van der Waals surface area contributed by atoms with Crippen molar-refractivity contribution in [3.8, 4) is 0 Å². The van der Waals surface area contributed by atoms with E-state index < -0.39 is 0 Å².